The van der Waals surface area contributed by atoms with E-state index in [4.69, 9.17) is 5.11 Å². The van der Waals surface area contributed by atoms with Crippen LogP contribution in [0.15, 0.2) is 0 Å². The second kappa shape index (κ2) is 2.51. The number of rotatable bonds is 1. The van der Waals surface area contributed by atoms with Crippen molar-refractivity contribution < 1.29 is 5.11 Å². The maximum Gasteiger partial charge on any atom is 0.0460 e. The molecule has 0 aliphatic carbocycles. The molecule has 0 amide bonds. The minimum absolute atomic E-state index is 0.398. The number of aliphatic hydroxyl groups excluding tert-OH is 1. The predicted octanol–water partition coefficient (Wildman–Crippen LogP) is 0.509. The Morgan fingerprint density at radius 2 is 1.80 bits per heavy atom. The van der Waals surface area contributed by atoms with Crippen molar-refractivity contribution >= 4 is 0 Å². The molecular formula is C8H15NO. The average molecular weight is 141 g/mol. The van der Waals surface area contributed by atoms with E-state index in [1.165, 1.54) is 25.7 Å². The van der Waals surface area contributed by atoms with Crippen molar-refractivity contribution in [2.24, 2.45) is 5.92 Å². The topological polar surface area (TPSA) is 32.3 Å². The van der Waals surface area contributed by atoms with Gasteiger partial charge >= 0.3 is 0 Å². The van der Waals surface area contributed by atoms with Crippen LogP contribution in [0.1, 0.15) is 25.7 Å². The normalized spacial score (nSPS) is 45.9. The number of fused-ring (bicyclic) bond motifs is 2. The van der Waals surface area contributed by atoms with Crippen LogP contribution in [0.5, 0.6) is 0 Å². The summed E-state index contributed by atoms with van der Waals surface area (Å²) in [5, 5.41) is 12.5. The molecule has 2 saturated heterocycles. The van der Waals surface area contributed by atoms with Gasteiger partial charge in [0.2, 0.25) is 0 Å². The molecule has 2 aliphatic heterocycles. The summed E-state index contributed by atoms with van der Waals surface area (Å²) in [7, 11) is 0. The molecule has 2 N–H and O–H groups in total. The van der Waals surface area contributed by atoms with Crippen LogP contribution in [0.25, 0.3) is 0 Å². The number of piperidine rings is 1. The minimum atomic E-state index is 0.398. The van der Waals surface area contributed by atoms with E-state index < -0.39 is 0 Å². The van der Waals surface area contributed by atoms with Crippen molar-refractivity contribution in [1.29, 1.82) is 0 Å². The van der Waals surface area contributed by atoms with Crippen molar-refractivity contribution in [2.45, 2.75) is 37.8 Å². The van der Waals surface area contributed by atoms with Crippen LogP contribution in [-0.4, -0.2) is 23.8 Å². The zero-order valence-electron chi connectivity index (χ0n) is 6.21. The van der Waals surface area contributed by atoms with E-state index in [1.807, 2.05) is 0 Å². The molecule has 2 fully saturated rings. The van der Waals surface area contributed by atoms with Gasteiger partial charge in [-0.05, 0) is 31.6 Å². The standard InChI is InChI=1S/C8H15NO/c10-5-6-3-7-1-2-8(4-6)9-7/h6-10H,1-5H2/t7-,8-/m1/s1. The first-order valence-corrected chi connectivity index (χ1v) is 4.25. The Morgan fingerprint density at radius 1 is 1.20 bits per heavy atom. The van der Waals surface area contributed by atoms with E-state index in [9.17, 15) is 0 Å². The smallest absolute Gasteiger partial charge is 0.0460 e. The van der Waals surface area contributed by atoms with Gasteiger partial charge in [-0.15, -0.1) is 0 Å². The Bertz CT molecular complexity index is 114. The van der Waals surface area contributed by atoms with Gasteiger partial charge in [-0.1, -0.05) is 0 Å². The molecule has 0 unspecified atom stereocenters. The number of nitrogens with one attached hydrogen (secondary N) is 1. The van der Waals surface area contributed by atoms with Crippen LogP contribution in [-0.2, 0) is 0 Å². The first-order chi connectivity index (χ1) is 4.88. The summed E-state index contributed by atoms with van der Waals surface area (Å²) in [6.45, 7) is 0.398. The third-order valence-electron chi connectivity index (χ3n) is 2.83. The van der Waals surface area contributed by atoms with E-state index >= 15 is 0 Å². The molecule has 0 radical (unpaired) electrons. The van der Waals surface area contributed by atoms with Crippen molar-refractivity contribution in [3.63, 3.8) is 0 Å². The largest absolute Gasteiger partial charge is 0.396 e. The Hall–Kier alpha value is -0.0800. The monoisotopic (exact) mass is 141 g/mol. The SMILES string of the molecule is OCC1C[C@H]2CC[C@H](C1)N2. The van der Waals surface area contributed by atoms with Crippen LogP contribution in [0.3, 0.4) is 0 Å². The summed E-state index contributed by atoms with van der Waals surface area (Å²) in [4.78, 5) is 0. The molecular weight excluding hydrogens is 126 g/mol. The Labute approximate surface area is 61.6 Å². The summed E-state index contributed by atoms with van der Waals surface area (Å²) in [6, 6.07) is 1.46. The van der Waals surface area contributed by atoms with E-state index in [1.54, 1.807) is 0 Å². The fourth-order valence-electron chi connectivity index (χ4n) is 2.32. The highest BCUT2D eigenvalue weighted by Crippen LogP contribution is 2.30. The van der Waals surface area contributed by atoms with Gasteiger partial charge in [-0.2, -0.15) is 0 Å². The van der Waals surface area contributed by atoms with Gasteiger partial charge in [0.25, 0.3) is 0 Å². The molecule has 2 aliphatic rings. The van der Waals surface area contributed by atoms with E-state index in [2.05, 4.69) is 5.32 Å². The van der Waals surface area contributed by atoms with Crippen LogP contribution < -0.4 is 5.32 Å². The molecule has 0 aromatic heterocycles. The van der Waals surface area contributed by atoms with E-state index in [0.29, 0.717) is 12.5 Å². The summed E-state index contributed by atoms with van der Waals surface area (Å²) >= 11 is 0. The van der Waals surface area contributed by atoms with Gasteiger partial charge in [0.1, 0.15) is 0 Å². The predicted molar refractivity (Wildman–Crippen MR) is 39.8 cm³/mol. The lowest BCUT2D eigenvalue weighted by atomic mass is 9.93. The zero-order valence-corrected chi connectivity index (χ0v) is 6.21. The maximum absolute atomic E-state index is 8.93. The fourth-order valence-corrected chi connectivity index (χ4v) is 2.32. The average Bonchev–Trinajstić information content (AvgIpc) is 2.30. The van der Waals surface area contributed by atoms with Gasteiger partial charge < -0.3 is 10.4 Å². The molecule has 0 aromatic carbocycles. The van der Waals surface area contributed by atoms with Crippen molar-refractivity contribution in [1.82, 2.24) is 5.32 Å². The molecule has 2 atom stereocenters. The van der Waals surface area contributed by atoms with Crippen molar-refractivity contribution in [3.05, 3.63) is 0 Å². The molecule has 0 aromatic rings. The second-order valence-electron chi connectivity index (χ2n) is 3.66. The van der Waals surface area contributed by atoms with Crippen molar-refractivity contribution in [3.8, 4) is 0 Å². The molecule has 2 heteroatoms. The molecule has 2 heterocycles. The van der Waals surface area contributed by atoms with E-state index in [0.717, 1.165) is 12.1 Å². The molecule has 2 nitrogen and oxygen atoms in total. The minimum Gasteiger partial charge on any atom is -0.396 e. The highest BCUT2D eigenvalue weighted by molar-refractivity contribution is 4.91. The molecule has 2 bridgehead atoms. The molecule has 2 rings (SSSR count). The summed E-state index contributed by atoms with van der Waals surface area (Å²) in [5.41, 5.74) is 0. The summed E-state index contributed by atoms with van der Waals surface area (Å²) < 4.78 is 0. The molecule has 58 valence electrons. The Morgan fingerprint density at radius 3 is 2.30 bits per heavy atom. The van der Waals surface area contributed by atoms with Crippen LogP contribution in [0.4, 0.5) is 0 Å². The lowest BCUT2D eigenvalue weighted by Gasteiger charge is -2.27. The van der Waals surface area contributed by atoms with Gasteiger partial charge in [0.05, 0.1) is 0 Å². The zero-order chi connectivity index (χ0) is 6.97. The van der Waals surface area contributed by atoms with Crippen molar-refractivity contribution in [2.75, 3.05) is 6.61 Å². The number of hydrogen-bond donors (Lipinski definition) is 2. The third-order valence-corrected chi connectivity index (χ3v) is 2.83. The molecule has 0 spiro atoms. The van der Waals surface area contributed by atoms with Gasteiger partial charge in [-0.3, -0.25) is 0 Å². The Kier molecular flexibility index (Phi) is 1.66. The quantitative estimate of drug-likeness (QED) is 0.557. The fraction of sp³-hybridized carbons (Fsp3) is 1.00. The third kappa shape index (κ3) is 1.06. The van der Waals surface area contributed by atoms with Gasteiger partial charge in [-0.25, -0.2) is 0 Å². The van der Waals surface area contributed by atoms with Crippen LogP contribution >= 0.6 is 0 Å². The van der Waals surface area contributed by atoms with Crippen LogP contribution in [0.2, 0.25) is 0 Å². The lowest BCUT2D eigenvalue weighted by molar-refractivity contribution is 0.174. The first kappa shape index (κ1) is 6.62. The van der Waals surface area contributed by atoms with Gasteiger partial charge in [0.15, 0.2) is 0 Å². The molecule has 0 saturated carbocycles. The molecule has 10 heavy (non-hydrogen) atoms. The number of hydrogen-bond acceptors (Lipinski definition) is 2. The van der Waals surface area contributed by atoms with Gasteiger partial charge in [0, 0.05) is 18.7 Å². The van der Waals surface area contributed by atoms with Crippen LogP contribution in [0, 0.1) is 5.92 Å². The lowest BCUT2D eigenvalue weighted by Crippen LogP contribution is -2.38. The second-order valence-corrected chi connectivity index (χ2v) is 3.66. The highest BCUT2D eigenvalue weighted by atomic mass is 16.3. The maximum atomic E-state index is 8.93. The number of aliphatic hydroxyl groups is 1. The highest BCUT2D eigenvalue weighted by Gasteiger charge is 2.32. The first-order valence-electron chi connectivity index (χ1n) is 4.25. The van der Waals surface area contributed by atoms with E-state index in [-0.39, 0.29) is 0 Å². The Balaban J connectivity index is 1.96. The summed E-state index contributed by atoms with van der Waals surface area (Å²) in [6.07, 6.45) is 5.07. The summed E-state index contributed by atoms with van der Waals surface area (Å²) in [5.74, 6) is 0.596.